The van der Waals surface area contributed by atoms with Crippen molar-refractivity contribution < 1.29 is 26.4 Å². The number of anilines is 2. The van der Waals surface area contributed by atoms with Gasteiger partial charge in [-0.15, -0.1) is 0 Å². The predicted octanol–water partition coefficient (Wildman–Crippen LogP) is 5.84. The maximum absolute atomic E-state index is 13.6. The highest BCUT2D eigenvalue weighted by Gasteiger charge is 2.37. The molecule has 1 heterocycles. The van der Waals surface area contributed by atoms with Crippen LogP contribution in [0.25, 0.3) is 0 Å². The molecule has 0 fully saturated rings. The number of aryl methyl sites for hydroxylation is 1. The highest BCUT2D eigenvalue weighted by molar-refractivity contribution is 7.92. The first-order chi connectivity index (χ1) is 16.4. The molecule has 1 atom stereocenters. The minimum atomic E-state index is -4.81. The molecule has 10 heteroatoms. The molecule has 0 radical (unpaired) electrons. The van der Waals surface area contributed by atoms with Crippen molar-refractivity contribution in [2.24, 2.45) is 0 Å². The van der Waals surface area contributed by atoms with E-state index in [2.05, 4.69) is 0 Å². The van der Waals surface area contributed by atoms with E-state index in [4.69, 9.17) is 11.6 Å². The van der Waals surface area contributed by atoms with Crippen molar-refractivity contribution in [2.75, 3.05) is 15.7 Å². The molecule has 0 N–H and O–H groups in total. The fourth-order valence-corrected chi connectivity index (χ4v) is 5.81. The number of alkyl halides is 3. The molecule has 0 saturated heterocycles. The van der Waals surface area contributed by atoms with Gasteiger partial charge < -0.3 is 4.90 Å². The van der Waals surface area contributed by atoms with E-state index in [9.17, 15) is 26.4 Å². The van der Waals surface area contributed by atoms with Gasteiger partial charge >= 0.3 is 6.18 Å². The third-order valence-corrected chi connectivity index (χ3v) is 8.02. The van der Waals surface area contributed by atoms with Crippen molar-refractivity contribution in [1.29, 1.82) is 0 Å². The van der Waals surface area contributed by atoms with Crippen LogP contribution < -0.4 is 9.21 Å². The third-order valence-electron chi connectivity index (χ3n) is 5.91. The van der Waals surface area contributed by atoms with Crippen molar-refractivity contribution in [3.8, 4) is 0 Å². The molecule has 1 amide bonds. The van der Waals surface area contributed by atoms with Crippen molar-refractivity contribution >= 4 is 38.9 Å². The molecule has 5 nitrogen and oxygen atoms in total. The lowest BCUT2D eigenvalue weighted by Gasteiger charge is -2.29. The quantitative estimate of drug-likeness (QED) is 0.423. The SMILES string of the molecule is Cc1ccc(S(=O)(=O)N(CC(=O)N2c3ccccc3CC2C)c2ccc(Cl)c(C(F)(F)F)c2)cc1. The highest BCUT2D eigenvalue weighted by atomic mass is 35.5. The minimum Gasteiger partial charge on any atom is -0.307 e. The lowest BCUT2D eigenvalue weighted by atomic mass is 10.1. The summed E-state index contributed by atoms with van der Waals surface area (Å²) < 4.78 is 68.6. The number of benzene rings is 3. The van der Waals surface area contributed by atoms with Gasteiger partial charge in [-0.1, -0.05) is 47.5 Å². The molecule has 0 saturated carbocycles. The largest absolute Gasteiger partial charge is 0.417 e. The van der Waals surface area contributed by atoms with Crippen molar-refractivity contribution in [2.45, 2.75) is 37.4 Å². The first-order valence-corrected chi connectivity index (χ1v) is 12.6. The lowest BCUT2D eigenvalue weighted by Crippen LogP contribution is -2.45. The van der Waals surface area contributed by atoms with Gasteiger partial charge in [0.15, 0.2) is 0 Å². The van der Waals surface area contributed by atoms with Gasteiger partial charge in [-0.25, -0.2) is 8.42 Å². The molecule has 0 spiro atoms. The Morgan fingerprint density at radius 2 is 1.74 bits per heavy atom. The molecular weight excluding hydrogens is 501 g/mol. The topological polar surface area (TPSA) is 57.7 Å². The summed E-state index contributed by atoms with van der Waals surface area (Å²) >= 11 is 5.76. The molecule has 1 aliphatic rings. The molecule has 35 heavy (non-hydrogen) atoms. The Labute approximate surface area is 206 Å². The monoisotopic (exact) mass is 522 g/mol. The number of hydrogen-bond acceptors (Lipinski definition) is 3. The van der Waals surface area contributed by atoms with Crippen LogP contribution in [0.4, 0.5) is 24.5 Å². The van der Waals surface area contributed by atoms with E-state index in [1.807, 2.05) is 19.1 Å². The van der Waals surface area contributed by atoms with Crippen LogP contribution in [0.15, 0.2) is 71.6 Å². The Kier molecular flexibility index (Phi) is 6.59. The molecule has 0 aromatic heterocycles. The van der Waals surface area contributed by atoms with Gasteiger partial charge in [0, 0.05) is 11.7 Å². The number of para-hydroxylation sites is 1. The van der Waals surface area contributed by atoms with E-state index in [1.165, 1.54) is 17.0 Å². The summed E-state index contributed by atoms with van der Waals surface area (Å²) in [4.78, 5) is 14.8. The zero-order chi connectivity index (χ0) is 25.5. The van der Waals surface area contributed by atoms with E-state index in [-0.39, 0.29) is 16.6 Å². The van der Waals surface area contributed by atoms with Crippen LogP contribution in [0.5, 0.6) is 0 Å². The molecular formula is C25H22ClF3N2O3S. The maximum Gasteiger partial charge on any atom is 0.417 e. The van der Waals surface area contributed by atoms with E-state index in [0.29, 0.717) is 22.5 Å². The summed E-state index contributed by atoms with van der Waals surface area (Å²) in [5.41, 5.74) is 0.903. The van der Waals surface area contributed by atoms with Crippen LogP contribution in [-0.4, -0.2) is 26.9 Å². The smallest absolute Gasteiger partial charge is 0.307 e. The molecule has 184 valence electrons. The van der Waals surface area contributed by atoms with Crippen LogP contribution in [0.3, 0.4) is 0 Å². The first-order valence-electron chi connectivity index (χ1n) is 10.8. The summed E-state index contributed by atoms with van der Waals surface area (Å²) in [6.07, 6.45) is -4.22. The molecule has 0 bridgehead atoms. The summed E-state index contributed by atoms with van der Waals surface area (Å²) in [5, 5.41) is -0.567. The van der Waals surface area contributed by atoms with Gasteiger partial charge in [-0.2, -0.15) is 13.2 Å². The average Bonchev–Trinajstić information content (AvgIpc) is 3.13. The summed E-state index contributed by atoms with van der Waals surface area (Å²) in [6.45, 7) is 2.92. The standard InChI is InChI=1S/C25H22ClF3N2O3S/c1-16-7-10-20(11-8-16)35(33,34)30(19-9-12-22(26)21(14-19)25(27,28)29)15-24(32)31-17(2)13-18-5-3-4-6-23(18)31/h3-12,14,17H,13,15H2,1-2H3. The van der Waals surface area contributed by atoms with Gasteiger partial charge in [0.1, 0.15) is 6.54 Å². The van der Waals surface area contributed by atoms with Gasteiger partial charge in [0.2, 0.25) is 5.91 Å². The number of carbonyl (C=O) groups is 1. The molecule has 1 aliphatic heterocycles. The fourth-order valence-electron chi connectivity index (χ4n) is 4.18. The van der Waals surface area contributed by atoms with Crippen LogP contribution in [0.2, 0.25) is 5.02 Å². The number of rotatable bonds is 5. The first kappa shape index (κ1) is 25.1. The average molecular weight is 523 g/mol. The Morgan fingerprint density at radius 3 is 2.40 bits per heavy atom. The summed E-state index contributed by atoms with van der Waals surface area (Å²) in [5.74, 6) is -0.554. The predicted molar refractivity (Wildman–Crippen MR) is 129 cm³/mol. The number of amides is 1. The second kappa shape index (κ2) is 9.20. The normalized spacial score (nSPS) is 15.7. The van der Waals surface area contributed by atoms with Crippen LogP contribution in [0, 0.1) is 6.92 Å². The lowest BCUT2D eigenvalue weighted by molar-refractivity contribution is -0.137. The molecule has 4 rings (SSSR count). The zero-order valence-corrected chi connectivity index (χ0v) is 20.5. The summed E-state index contributed by atoms with van der Waals surface area (Å²) in [7, 11) is -4.39. The van der Waals surface area contributed by atoms with Crippen LogP contribution in [0.1, 0.15) is 23.6 Å². The number of halogens is 4. The van der Waals surface area contributed by atoms with E-state index < -0.39 is 39.2 Å². The Morgan fingerprint density at radius 1 is 1.09 bits per heavy atom. The third kappa shape index (κ3) is 4.88. The molecule has 1 unspecified atom stereocenters. The van der Waals surface area contributed by atoms with Gasteiger partial charge in [0.05, 0.1) is 21.2 Å². The van der Waals surface area contributed by atoms with Gasteiger partial charge in [-0.3, -0.25) is 9.10 Å². The van der Waals surface area contributed by atoms with E-state index in [1.54, 1.807) is 31.2 Å². The fraction of sp³-hybridized carbons (Fsp3) is 0.240. The number of nitrogens with zero attached hydrogens (tertiary/aromatic N) is 2. The van der Waals surface area contributed by atoms with Crippen molar-refractivity contribution in [1.82, 2.24) is 0 Å². The highest BCUT2D eigenvalue weighted by Crippen LogP contribution is 2.38. The van der Waals surface area contributed by atoms with Gasteiger partial charge in [-0.05, 0) is 62.2 Å². The minimum absolute atomic E-state index is 0.144. The molecule has 3 aromatic carbocycles. The second-order valence-corrected chi connectivity index (χ2v) is 10.7. The molecule has 3 aromatic rings. The van der Waals surface area contributed by atoms with E-state index >= 15 is 0 Å². The Bertz CT molecular complexity index is 1380. The number of carbonyl (C=O) groups excluding carboxylic acids is 1. The zero-order valence-electron chi connectivity index (χ0n) is 18.9. The van der Waals surface area contributed by atoms with Gasteiger partial charge in [0.25, 0.3) is 10.0 Å². The Hall–Kier alpha value is -3.04. The van der Waals surface area contributed by atoms with Crippen LogP contribution in [-0.2, 0) is 27.4 Å². The van der Waals surface area contributed by atoms with Crippen LogP contribution >= 0.6 is 11.6 Å². The van der Waals surface area contributed by atoms with Crippen molar-refractivity contribution in [3.63, 3.8) is 0 Å². The van der Waals surface area contributed by atoms with Crippen molar-refractivity contribution in [3.05, 3.63) is 88.4 Å². The number of sulfonamides is 1. The number of hydrogen-bond donors (Lipinski definition) is 0. The summed E-state index contributed by atoms with van der Waals surface area (Å²) in [6, 6.07) is 15.7. The second-order valence-electron chi connectivity index (χ2n) is 8.43. The Balaban J connectivity index is 1.80. The molecule has 0 aliphatic carbocycles. The van der Waals surface area contributed by atoms with E-state index in [0.717, 1.165) is 23.3 Å². The maximum atomic E-state index is 13.6. The number of fused-ring (bicyclic) bond motifs is 1.